The number of nitrogens with zero attached hydrogens (tertiary/aromatic N) is 4. The van der Waals surface area contributed by atoms with Gasteiger partial charge < -0.3 is 60.0 Å². The van der Waals surface area contributed by atoms with Crippen molar-refractivity contribution in [1.29, 1.82) is 0 Å². The van der Waals surface area contributed by atoms with Crippen molar-refractivity contribution >= 4 is 57.3 Å². The molecule has 10 atom stereocenters. The minimum Gasteiger partial charge on any atom is -0.507 e. The van der Waals surface area contributed by atoms with Crippen LogP contribution in [0.1, 0.15) is 149 Å². The zero-order valence-electron chi connectivity index (χ0n) is 50.8. The van der Waals surface area contributed by atoms with Gasteiger partial charge in [0.05, 0.1) is 76.0 Å². The standard InChI is InChI=1S/C65H81FN6O14/c1-31-13-12-14-32(2)62(81)68-51-45(28-67-71-24-18-42(19-25-71)69-65(21-22-65)41-17-23-70(29-41)53-34(4)52-44(40-15-16-40)27-43(38(8)73)63(82)72(52)30-46(53)66)57(78)48-49(58(51)79)56(77)37(7)60-50(48)61(80)64(10,86-60)84-26-20-47(83-11)33(3)59(85-39(9)74)36(6)55(76)35(5)54(31)75/h12-14,20,26-28,30-31,33,35-36,40-42,47,54-55,59,69,75-79H,15-19,21-25,29H2,1-11H3,(H,68,81)/b13-12+,26-20+,32-14-,67-28-/t31-,33+,35+,36+,41+,47-,54-,55+,59+,64-/m0/s1. The van der Waals surface area contributed by atoms with Crippen molar-refractivity contribution in [2.75, 3.05) is 43.5 Å². The van der Waals surface area contributed by atoms with Gasteiger partial charge in [0.1, 0.15) is 23.4 Å². The van der Waals surface area contributed by atoms with Crippen LogP contribution in [0.15, 0.2) is 58.3 Å². The maximum absolute atomic E-state index is 16.3. The van der Waals surface area contributed by atoms with Crippen molar-refractivity contribution in [1.82, 2.24) is 14.7 Å². The third-order valence-electron chi connectivity index (χ3n) is 19.3. The molecule has 2 aliphatic carbocycles. The number of allylic oxidation sites excluding steroid dienone is 2. The summed E-state index contributed by atoms with van der Waals surface area (Å²) in [5.41, 5.74) is 1.69. The van der Waals surface area contributed by atoms with E-state index >= 15 is 4.39 Å². The molecule has 0 unspecified atom stereocenters. The Kier molecular flexibility index (Phi) is 17.0. The number of hydrogen-bond donors (Lipinski definition) is 7. The van der Waals surface area contributed by atoms with Gasteiger partial charge in [-0.1, -0.05) is 45.9 Å². The minimum atomic E-state index is -2.10. The topological polar surface area (TPSA) is 271 Å². The summed E-state index contributed by atoms with van der Waals surface area (Å²) in [5, 5.41) is 72.5. The first-order valence-corrected chi connectivity index (χ1v) is 30.0. The minimum absolute atomic E-state index is 0.0267. The highest BCUT2D eigenvalue weighted by atomic mass is 19.1. The van der Waals surface area contributed by atoms with Crippen LogP contribution in [0.25, 0.3) is 16.3 Å². The first-order valence-electron chi connectivity index (χ1n) is 30.0. The molecule has 2 aromatic heterocycles. The highest BCUT2D eigenvalue weighted by molar-refractivity contribution is 6.24. The summed E-state index contributed by atoms with van der Waals surface area (Å²) in [6.07, 6.45) is 12.0. The molecule has 4 fully saturated rings. The van der Waals surface area contributed by atoms with Crippen LogP contribution in [0.5, 0.6) is 23.0 Å². The van der Waals surface area contributed by atoms with E-state index in [4.69, 9.17) is 24.0 Å². The molecular formula is C65H81FN6O14. The van der Waals surface area contributed by atoms with Gasteiger partial charge in [-0.05, 0) is 108 Å². The predicted molar refractivity (Wildman–Crippen MR) is 322 cm³/mol. The quantitative estimate of drug-likeness (QED) is 0.0258. The number of amides is 1. The monoisotopic (exact) mass is 1190 g/mol. The van der Waals surface area contributed by atoms with Gasteiger partial charge in [-0.25, -0.2) is 4.39 Å². The maximum atomic E-state index is 16.3. The van der Waals surface area contributed by atoms with Crippen LogP contribution < -0.4 is 25.8 Å². The van der Waals surface area contributed by atoms with Crippen LogP contribution in [-0.2, 0) is 23.8 Å². The van der Waals surface area contributed by atoms with Crippen LogP contribution in [-0.4, -0.2) is 140 Å². The smallest absolute Gasteiger partial charge is 0.312 e. The Morgan fingerprint density at radius 1 is 0.884 bits per heavy atom. The molecule has 20 nitrogen and oxygen atoms in total. The summed E-state index contributed by atoms with van der Waals surface area (Å²) in [4.78, 5) is 69.5. The van der Waals surface area contributed by atoms with E-state index in [1.165, 1.54) is 77.0 Å². The van der Waals surface area contributed by atoms with Crippen LogP contribution in [0.4, 0.5) is 15.8 Å². The van der Waals surface area contributed by atoms with Crippen molar-refractivity contribution in [3.05, 3.63) is 98.0 Å². The number of aryl methyl sites for hydroxylation is 1. The van der Waals surface area contributed by atoms with Crippen molar-refractivity contribution in [3.8, 4) is 23.0 Å². The highest BCUT2D eigenvalue weighted by Crippen LogP contribution is 2.56. The number of Topliss-reactive ketones (excluding diaryl/α,β-unsaturated/α-hetero) is 2. The molecule has 0 radical (unpaired) electrons. The number of rotatable bonds is 10. The zero-order chi connectivity index (χ0) is 62.2. The summed E-state index contributed by atoms with van der Waals surface area (Å²) in [7, 11) is 1.43. The number of carbonyl (C=O) groups is 4. The Morgan fingerprint density at radius 2 is 1.58 bits per heavy atom. The Hall–Kier alpha value is -7.33. The number of methoxy groups -OCH3 is 1. The lowest BCUT2D eigenvalue weighted by Crippen LogP contribution is -2.49. The molecule has 11 rings (SSSR count). The lowest BCUT2D eigenvalue weighted by Gasteiger charge is -2.38. The summed E-state index contributed by atoms with van der Waals surface area (Å²) < 4.78 is 41.5. The second-order valence-electron chi connectivity index (χ2n) is 25.1. The van der Waals surface area contributed by atoms with Crippen molar-refractivity contribution in [2.24, 2.45) is 34.7 Å². The van der Waals surface area contributed by atoms with E-state index in [0.717, 1.165) is 37.7 Å². The number of benzene rings is 2. The number of esters is 1. The van der Waals surface area contributed by atoms with E-state index in [1.807, 2.05) is 11.9 Å². The second-order valence-corrected chi connectivity index (χ2v) is 25.1. The van der Waals surface area contributed by atoms with Crippen molar-refractivity contribution in [2.45, 2.75) is 162 Å². The van der Waals surface area contributed by atoms with Crippen LogP contribution >= 0.6 is 0 Å². The summed E-state index contributed by atoms with van der Waals surface area (Å²) >= 11 is 0. The van der Waals surface area contributed by atoms with E-state index in [0.29, 0.717) is 55.8 Å². The fourth-order valence-corrected chi connectivity index (χ4v) is 13.8. The molecule has 5 bridgehead atoms. The molecule has 7 N–H and O–H groups in total. The van der Waals surface area contributed by atoms with Gasteiger partial charge in [-0.15, -0.1) is 0 Å². The molecule has 4 aromatic rings. The lowest BCUT2D eigenvalue weighted by molar-refractivity contribution is -0.160. The van der Waals surface area contributed by atoms with Gasteiger partial charge in [-0.3, -0.25) is 33.4 Å². The molecule has 0 spiro atoms. The van der Waals surface area contributed by atoms with Gasteiger partial charge in [0.15, 0.2) is 17.3 Å². The average molecular weight is 1190 g/mol. The summed E-state index contributed by atoms with van der Waals surface area (Å²) in [6, 6.07) is 1.84. The van der Waals surface area contributed by atoms with E-state index in [1.54, 1.807) is 45.9 Å². The van der Waals surface area contributed by atoms with Crippen LogP contribution in [0.3, 0.4) is 0 Å². The number of piperidine rings is 1. The second kappa shape index (κ2) is 23.7. The van der Waals surface area contributed by atoms with E-state index < -0.39 is 100 Å². The molecule has 21 heteroatoms. The van der Waals surface area contributed by atoms with E-state index in [-0.39, 0.29) is 79.2 Å². The Bertz CT molecular complexity index is 3600. The number of ether oxygens (including phenoxy) is 4. The largest absolute Gasteiger partial charge is 0.507 e. The molecule has 86 heavy (non-hydrogen) atoms. The Balaban J connectivity index is 0.922. The Morgan fingerprint density at radius 3 is 2.22 bits per heavy atom. The van der Waals surface area contributed by atoms with E-state index in [2.05, 4.69) is 15.5 Å². The van der Waals surface area contributed by atoms with Crippen LogP contribution in [0, 0.1) is 49.3 Å². The van der Waals surface area contributed by atoms with Crippen molar-refractivity contribution < 1.29 is 68.0 Å². The number of pyridine rings is 2. The number of aliphatic hydroxyl groups is 2. The summed E-state index contributed by atoms with van der Waals surface area (Å²) in [5.74, 6) is -9.15. The van der Waals surface area contributed by atoms with Gasteiger partial charge >= 0.3 is 11.8 Å². The van der Waals surface area contributed by atoms with Gasteiger partial charge in [-0.2, -0.15) is 5.10 Å². The zero-order valence-corrected chi connectivity index (χ0v) is 50.8. The molecule has 1 amide bonds. The number of phenolic OH excluding ortho intramolecular Hbond substituents is 3. The number of hydrazone groups is 1. The van der Waals surface area contributed by atoms with Crippen LogP contribution in [0.2, 0.25) is 0 Å². The number of aliphatic hydroxyl groups excluding tert-OH is 2. The van der Waals surface area contributed by atoms with Gasteiger partial charge in [0.25, 0.3) is 17.2 Å². The number of halogens is 1. The highest BCUT2D eigenvalue weighted by Gasteiger charge is 2.53. The molecule has 7 heterocycles. The molecule has 2 saturated heterocycles. The number of anilines is 2. The average Bonchev–Trinajstić information content (AvgIpc) is 1.54. The number of aromatic hydroxyl groups is 3. The fraction of sp³-hybridized carbons (Fsp3) is 0.538. The molecule has 2 saturated carbocycles. The summed E-state index contributed by atoms with van der Waals surface area (Å²) in [6.45, 7) is 18.0. The fourth-order valence-electron chi connectivity index (χ4n) is 13.8. The molecule has 462 valence electrons. The normalized spacial score (nSPS) is 29.7. The van der Waals surface area contributed by atoms with Gasteiger partial charge in [0, 0.05) is 98.9 Å². The first kappa shape index (κ1) is 61.7. The number of aromatic nitrogens is 1. The van der Waals surface area contributed by atoms with E-state index in [9.17, 15) is 49.5 Å². The molecule has 2 aromatic carbocycles. The first-order chi connectivity index (χ1) is 40.7. The Labute approximate surface area is 499 Å². The number of ketones is 2. The molecule has 5 aliphatic heterocycles. The molecule has 7 aliphatic rings. The third kappa shape index (κ3) is 11.2. The SMILES string of the molecule is CO[C@H]1/C=C/O[C@@]2(C)Oc3c(C)c(O)c4c(O)c(c(/C=N\N5CCC(NC6([C@@H]7CCN(c8c(F)cn9c(=O)c(C(C)=O)cc(C%10CC%10)c9c8C)C7)CC6)CC5)c(O)c4c3C2=O)NC(=O)/C(C)=C\C=C\[C@H](C)[C@H](O)[C@@H](C)[C@@H](O)[C@@H](C)[C@H](OC(C)=O)[C@@H]1C. The van der Waals surface area contributed by atoms with Crippen molar-refractivity contribution in [3.63, 3.8) is 0 Å². The molecular weight excluding hydrogens is 1110 g/mol. The van der Waals surface area contributed by atoms with Gasteiger partial charge in [0.2, 0.25) is 0 Å². The number of phenols is 3. The third-order valence-corrected chi connectivity index (χ3v) is 19.3. The maximum Gasteiger partial charge on any atom is 0.312 e. The number of nitrogens with one attached hydrogen (secondary N) is 2. The predicted octanol–water partition coefficient (Wildman–Crippen LogP) is 8.34. The number of fused-ring (bicyclic) bond motifs is 15. The number of hydrogen-bond acceptors (Lipinski definition) is 18. The number of carbonyl (C=O) groups excluding carboxylic acids is 4. The lowest BCUT2D eigenvalue weighted by atomic mass is 9.78.